The van der Waals surface area contributed by atoms with E-state index in [1.165, 1.54) is 18.3 Å². The maximum Gasteiger partial charge on any atom is 0.412 e. The molecule has 1 heterocycles. The minimum absolute atomic E-state index is 0.00411. The van der Waals surface area contributed by atoms with Crippen LogP contribution in [0.4, 0.5) is 16.3 Å². The summed E-state index contributed by atoms with van der Waals surface area (Å²) in [6.07, 6.45) is 0.503. The summed E-state index contributed by atoms with van der Waals surface area (Å²) in [5, 5.41) is 13.0. The van der Waals surface area contributed by atoms with Crippen molar-refractivity contribution in [3.63, 3.8) is 0 Å². The van der Waals surface area contributed by atoms with E-state index in [4.69, 9.17) is 4.74 Å². The molecule has 0 unspecified atom stereocenters. The average molecular weight is 273 g/mol. The van der Waals surface area contributed by atoms with Crippen LogP contribution in [-0.2, 0) is 11.3 Å². The van der Waals surface area contributed by atoms with Gasteiger partial charge < -0.3 is 14.9 Å². The number of hydrogen-bond donors (Lipinski definition) is 1. The molecule has 0 radical (unpaired) electrons. The van der Waals surface area contributed by atoms with Crippen molar-refractivity contribution in [3.05, 3.63) is 64.3 Å². The lowest BCUT2D eigenvalue weighted by molar-refractivity contribution is -0.388. The highest BCUT2D eigenvalue weighted by Gasteiger charge is 2.16. The molecule has 0 bridgehead atoms. The van der Waals surface area contributed by atoms with E-state index in [0.717, 1.165) is 5.56 Å². The van der Waals surface area contributed by atoms with Gasteiger partial charge in [-0.15, -0.1) is 0 Å². The van der Waals surface area contributed by atoms with Crippen LogP contribution in [0.3, 0.4) is 0 Å². The lowest BCUT2D eigenvalue weighted by Gasteiger charge is -2.06. The van der Waals surface area contributed by atoms with Crippen molar-refractivity contribution < 1.29 is 14.5 Å². The summed E-state index contributed by atoms with van der Waals surface area (Å²) < 4.78 is 4.97. The van der Waals surface area contributed by atoms with Crippen LogP contribution in [0, 0.1) is 10.1 Å². The van der Waals surface area contributed by atoms with Crippen molar-refractivity contribution >= 4 is 17.6 Å². The molecule has 102 valence electrons. The van der Waals surface area contributed by atoms with Gasteiger partial charge in [0.05, 0.1) is 0 Å². The largest absolute Gasteiger partial charge is 0.444 e. The second-order valence-electron chi connectivity index (χ2n) is 3.82. The number of nitro groups is 1. The molecule has 7 heteroatoms. The first kappa shape index (κ1) is 13.5. The van der Waals surface area contributed by atoms with E-state index in [-0.39, 0.29) is 12.3 Å². The van der Waals surface area contributed by atoms with Crippen LogP contribution in [0.1, 0.15) is 5.56 Å². The minimum atomic E-state index is -0.773. The van der Waals surface area contributed by atoms with Crippen molar-refractivity contribution in [2.45, 2.75) is 6.61 Å². The number of benzene rings is 1. The molecule has 2 aromatic rings. The highest BCUT2D eigenvalue weighted by atomic mass is 16.6. The molecule has 2 rings (SSSR count). The molecule has 0 aliphatic rings. The number of rotatable bonds is 4. The van der Waals surface area contributed by atoms with Gasteiger partial charge in [-0.3, -0.25) is 5.32 Å². The van der Waals surface area contributed by atoms with E-state index < -0.39 is 16.8 Å². The fraction of sp³-hybridized carbons (Fsp3) is 0.0769. The molecule has 0 aliphatic heterocycles. The molecule has 0 aliphatic carbocycles. The Hall–Kier alpha value is -2.96. The molecule has 20 heavy (non-hydrogen) atoms. The van der Waals surface area contributed by atoms with Gasteiger partial charge in [0.1, 0.15) is 18.5 Å². The van der Waals surface area contributed by atoms with Crippen molar-refractivity contribution in [2.24, 2.45) is 0 Å². The predicted octanol–water partition coefficient (Wildman–Crippen LogP) is 2.74. The number of nitrogens with one attached hydrogen (secondary N) is 1. The average Bonchev–Trinajstić information content (AvgIpc) is 2.46. The van der Waals surface area contributed by atoms with Gasteiger partial charge in [0.2, 0.25) is 0 Å². The predicted molar refractivity (Wildman–Crippen MR) is 71.1 cm³/mol. The Kier molecular flexibility index (Phi) is 4.23. The number of nitrogens with zero attached hydrogens (tertiary/aromatic N) is 2. The SMILES string of the molecule is O=C(Nc1cccnc1[N+](=O)[O-])OCc1ccccc1. The first-order valence-corrected chi connectivity index (χ1v) is 5.74. The number of ether oxygens (including phenoxy) is 1. The lowest BCUT2D eigenvalue weighted by atomic mass is 10.2. The molecule has 0 saturated carbocycles. The molecule has 7 nitrogen and oxygen atoms in total. The monoisotopic (exact) mass is 273 g/mol. The Morgan fingerprint density at radius 1 is 1.25 bits per heavy atom. The molecule has 0 spiro atoms. The Balaban J connectivity index is 1.97. The summed E-state index contributed by atoms with van der Waals surface area (Å²) in [6.45, 7) is 0.0841. The lowest BCUT2D eigenvalue weighted by Crippen LogP contribution is -2.14. The molecule has 1 aromatic heterocycles. The van der Waals surface area contributed by atoms with Gasteiger partial charge >= 0.3 is 11.9 Å². The standard InChI is InChI=1S/C13H11N3O4/c17-13(20-9-10-5-2-1-3-6-10)15-11-7-4-8-14-12(11)16(18)19/h1-8H,9H2,(H,15,17). The third kappa shape index (κ3) is 3.52. The number of amides is 1. The van der Waals surface area contributed by atoms with Crippen molar-refractivity contribution in [3.8, 4) is 0 Å². The van der Waals surface area contributed by atoms with Gasteiger partial charge in [-0.05, 0) is 27.6 Å². The molecule has 1 aromatic carbocycles. The van der Waals surface area contributed by atoms with Crippen molar-refractivity contribution in [2.75, 3.05) is 5.32 Å². The first-order chi connectivity index (χ1) is 9.66. The first-order valence-electron chi connectivity index (χ1n) is 5.74. The molecule has 0 atom stereocenters. The van der Waals surface area contributed by atoms with E-state index in [1.54, 1.807) is 12.1 Å². The maximum absolute atomic E-state index is 11.6. The van der Waals surface area contributed by atoms with Crippen LogP contribution in [0.2, 0.25) is 0 Å². The third-order valence-corrected chi connectivity index (χ3v) is 2.41. The number of carbonyl (C=O) groups is 1. The molecule has 0 fully saturated rings. The van der Waals surface area contributed by atoms with Crippen molar-refractivity contribution in [1.82, 2.24) is 4.98 Å². The summed E-state index contributed by atoms with van der Waals surface area (Å²) in [7, 11) is 0. The molecular formula is C13H11N3O4. The Bertz CT molecular complexity index is 616. The van der Waals surface area contributed by atoms with Crippen LogP contribution >= 0.6 is 0 Å². The van der Waals surface area contributed by atoms with Gasteiger partial charge in [0.15, 0.2) is 0 Å². The highest BCUT2D eigenvalue weighted by molar-refractivity contribution is 5.86. The maximum atomic E-state index is 11.6. The number of anilines is 1. The number of aromatic nitrogens is 1. The minimum Gasteiger partial charge on any atom is -0.444 e. The van der Waals surface area contributed by atoms with E-state index in [1.807, 2.05) is 18.2 Å². The Labute approximate surface area is 114 Å². The summed E-state index contributed by atoms with van der Waals surface area (Å²) in [5.41, 5.74) is 0.818. The highest BCUT2D eigenvalue weighted by Crippen LogP contribution is 2.20. The van der Waals surface area contributed by atoms with E-state index in [9.17, 15) is 14.9 Å². The van der Waals surface area contributed by atoms with Crippen LogP contribution in [-0.4, -0.2) is 16.0 Å². The topological polar surface area (TPSA) is 94.4 Å². The third-order valence-electron chi connectivity index (χ3n) is 2.41. The van der Waals surface area contributed by atoms with Crippen LogP contribution in [0.5, 0.6) is 0 Å². The number of hydrogen-bond acceptors (Lipinski definition) is 5. The van der Waals surface area contributed by atoms with Gasteiger partial charge in [-0.2, -0.15) is 0 Å². The fourth-order valence-electron chi connectivity index (χ4n) is 1.51. The van der Waals surface area contributed by atoms with Crippen molar-refractivity contribution in [1.29, 1.82) is 0 Å². The normalized spacial score (nSPS) is 9.80. The second kappa shape index (κ2) is 6.28. The zero-order chi connectivity index (χ0) is 14.4. The summed E-state index contributed by atoms with van der Waals surface area (Å²) in [5.74, 6) is -0.427. The second-order valence-corrected chi connectivity index (χ2v) is 3.82. The summed E-state index contributed by atoms with van der Waals surface area (Å²) >= 11 is 0. The fourth-order valence-corrected chi connectivity index (χ4v) is 1.51. The van der Waals surface area contributed by atoms with Gasteiger partial charge in [-0.1, -0.05) is 30.3 Å². The summed E-state index contributed by atoms with van der Waals surface area (Å²) in [6, 6.07) is 12.0. The quantitative estimate of drug-likeness (QED) is 0.682. The Morgan fingerprint density at radius 2 is 2.00 bits per heavy atom. The summed E-state index contributed by atoms with van der Waals surface area (Å²) in [4.78, 5) is 25.2. The number of carbonyl (C=O) groups excluding carboxylic acids is 1. The van der Waals surface area contributed by atoms with Crippen LogP contribution < -0.4 is 5.32 Å². The number of pyridine rings is 1. The van der Waals surface area contributed by atoms with E-state index >= 15 is 0 Å². The molecule has 0 saturated heterocycles. The van der Waals surface area contributed by atoms with E-state index in [0.29, 0.717) is 0 Å². The van der Waals surface area contributed by atoms with Crippen LogP contribution in [0.25, 0.3) is 0 Å². The molecule has 1 amide bonds. The van der Waals surface area contributed by atoms with E-state index in [2.05, 4.69) is 10.3 Å². The molecule has 1 N–H and O–H groups in total. The molecular weight excluding hydrogens is 262 g/mol. The van der Waals surface area contributed by atoms with Gasteiger partial charge in [0.25, 0.3) is 0 Å². The zero-order valence-electron chi connectivity index (χ0n) is 10.4. The van der Waals surface area contributed by atoms with Gasteiger partial charge in [0, 0.05) is 0 Å². The van der Waals surface area contributed by atoms with Crippen LogP contribution in [0.15, 0.2) is 48.7 Å². The zero-order valence-corrected chi connectivity index (χ0v) is 10.4. The Morgan fingerprint density at radius 3 is 2.70 bits per heavy atom. The smallest absolute Gasteiger partial charge is 0.412 e. The van der Waals surface area contributed by atoms with Gasteiger partial charge in [-0.25, -0.2) is 4.79 Å².